The standard InChI is InChI=1S/C16H11F3N2O5S/c1-8-4-11(22)12(6-24-8)25-7-14(23)21-15-20-10-3-2-9(5-13(10)27-15)26-16(17,18)19/h2-6H,7H2,1H3,(H,20,21,23). The molecule has 1 amide bonds. The van der Waals surface area contributed by atoms with Gasteiger partial charge in [0.15, 0.2) is 11.7 Å². The Morgan fingerprint density at radius 3 is 2.81 bits per heavy atom. The molecule has 27 heavy (non-hydrogen) atoms. The zero-order chi connectivity index (χ0) is 19.6. The lowest BCUT2D eigenvalue weighted by atomic mass is 10.3. The highest BCUT2D eigenvalue weighted by atomic mass is 32.1. The Hall–Kier alpha value is -3.08. The first-order chi connectivity index (χ1) is 12.7. The van der Waals surface area contributed by atoms with Gasteiger partial charge in [0.25, 0.3) is 5.91 Å². The normalized spacial score (nSPS) is 11.4. The van der Waals surface area contributed by atoms with E-state index in [1.165, 1.54) is 18.2 Å². The van der Waals surface area contributed by atoms with Crippen molar-refractivity contribution in [2.24, 2.45) is 0 Å². The fourth-order valence-electron chi connectivity index (χ4n) is 2.05. The fourth-order valence-corrected chi connectivity index (χ4v) is 2.96. The second-order valence-corrected chi connectivity index (χ2v) is 6.28. The van der Waals surface area contributed by atoms with E-state index < -0.39 is 24.3 Å². The van der Waals surface area contributed by atoms with Crippen LogP contribution in [0.25, 0.3) is 10.2 Å². The summed E-state index contributed by atoms with van der Waals surface area (Å²) in [6, 6.07) is 4.86. The average molecular weight is 400 g/mol. The van der Waals surface area contributed by atoms with Crippen LogP contribution in [-0.2, 0) is 4.79 Å². The smallest absolute Gasteiger partial charge is 0.477 e. The number of nitrogens with one attached hydrogen (secondary N) is 1. The summed E-state index contributed by atoms with van der Waals surface area (Å²) >= 11 is 0.966. The first-order valence-corrected chi connectivity index (χ1v) is 8.20. The molecule has 0 aliphatic carbocycles. The summed E-state index contributed by atoms with van der Waals surface area (Å²) < 4.78 is 51.1. The summed E-state index contributed by atoms with van der Waals surface area (Å²) in [4.78, 5) is 27.6. The van der Waals surface area contributed by atoms with Crippen molar-refractivity contribution in [3.63, 3.8) is 0 Å². The van der Waals surface area contributed by atoms with Crippen LogP contribution in [0.3, 0.4) is 0 Å². The summed E-state index contributed by atoms with van der Waals surface area (Å²) in [7, 11) is 0. The third-order valence-electron chi connectivity index (χ3n) is 3.13. The van der Waals surface area contributed by atoms with Crippen LogP contribution < -0.4 is 20.2 Å². The number of hydrogen-bond donors (Lipinski definition) is 1. The van der Waals surface area contributed by atoms with Gasteiger partial charge in [0, 0.05) is 12.1 Å². The number of benzene rings is 1. The van der Waals surface area contributed by atoms with Crippen molar-refractivity contribution in [2.75, 3.05) is 11.9 Å². The minimum Gasteiger partial charge on any atom is -0.477 e. The Kier molecular flexibility index (Phi) is 5.04. The van der Waals surface area contributed by atoms with Gasteiger partial charge in [-0.25, -0.2) is 4.98 Å². The molecule has 0 saturated carbocycles. The van der Waals surface area contributed by atoms with Gasteiger partial charge >= 0.3 is 6.36 Å². The SMILES string of the molecule is Cc1cc(=O)c(OCC(=O)Nc2nc3ccc(OC(F)(F)F)cc3s2)co1. The van der Waals surface area contributed by atoms with Crippen LogP contribution in [0.15, 0.2) is 39.7 Å². The van der Waals surface area contributed by atoms with Crippen molar-refractivity contribution < 1.29 is 31.9 Å². The maximum absolute atomic E-state index is 12.3. The van der Waals surface area contributed by atoms with Gasteiger partial charge in [-0.1, -0.05) is 11.3 Å². The van der Waals surface area contributed by atoms with Crippen molar-refractivity contribution in [3.8, 4) is 11.5 Å². The highest BCUT2D eigenvalue weighted by Crippen LogP contribution is 2.31. The molecule has 0 aliphatic heterocycles. The van der Waals surface area contributed by atoms with E-state index in [0.717, 1.165) is 23.7 Å². The Bertz CT molecular complexity index is 1040. The molecule has 142 valence electrons. The molecule has 3 aromatic rings. The molecule has 11 heteroatoms. The fraction of sp³-hybridized carbons (Fsp3) is 0.188. The largest absolute Gasteiger partial charge is 0.573 e. The molecule has 0 spiro atoms. The molecule has 1 N–H and O–H groups in total. The Morgan fingerprint density at radius 2 is 2.11 bits per heavy atom. The number of amides is 1. The van der Waals surface area contributed by atoms with Gasteiger partial charge in [0.2, 0.25) is 11.2 Å². The summed E-state index contributed by atoms with van der Waals surface area (Å²) in [5, 5.41) is 2.61. The predicted molar refractivity (Wildman–Crippen MR) is 90.1 cm³/mol. The lowest BCUT2D eigenvalue weighted by Crippen LogP contribution is -2.21. The monoisotopic (exact) mass is 400 g/mol. The van der Waals surface area contributed by atoms with E-state index in [1.54, 1.807) is 6.92 Å². The number of hydrogen-bond acceptors (Lipinski definition) is 7. The quantitative estimate of drug-likeness (QED) is 0.705. The predicted octanol–water partition coefficient (Wildman–Crippen LogP) is 3.47. The van der Waals surface area contributed by atoms with Crippen LogP contribution in [0.1, 0.15) is 5.76 Å². The van der Waals surface area contributed by atoms with Gasteiger partial charge in [0.1, 0.15) is 17.8 Å². The van der Waals surface area contributed by atoms with Crippen LogP contribution in [0, 0.1) is 6.92 Å². The van der Waals surface area contributed by atoms with E-state index in [0.29, 0.717) is 16.0 Å². The van der Waals surface area contributed by atoms with Gasteiger partial charge in [-0.3, -0.25) is 14.9 Å². The molecule has 0 bridgehead atoms. The molecule has 0 aliphatic rings. The van der Waals surface area contributed by atoms with Crippen LogP contribution >= 0.6 is 11.3 Å². The van der Waals surface area contributed by atoms with E-state index in [2.05, 4.69) is 15.0 Å². The number of aromatic nitrogens is 1. The maximum atomic E-state index is 12.3. The van der Waals surface area contributed by atoms with E-state index >= 15 is 0 Å². The first-order valence-electron chi connectivity index (χ1n) is 7.38. The van der Waals surface area contributed by atoms with Gasteiger partial charge in [-0.2, -0.15) is 0 Å². The van der Waals surface area contributed by atoms with Crippen molar-refractivity contribution in [1.82, 2.24) is 4.98 Å². The van der Waals surface area contributed by atoms with Crippen molar-refractivity contribution in [2.45, 2.75) is 13.3 Å². The number of rotatable bonds is 5. The number of aryl methyl sites for hydroxylation is 1. The van der Waals surface area contributed by atoms with Crippen molar-refractivity contribution in [3.05, 3.63) is 46.5 Å². The molecule has 3 rings (SSSR count). The van der Waals surface area contributed by atoms with Crippen molar-refractivity contribution in [1.29, 1.82) is 0 Å². The molecular weight excluding hydrogens is 389 g/mol. The average Bonchev–Trinajstić information content (AvgIpc) is 2.93. The van der Waals surface area contributed by atoms with Gasteiger partial charge in [0.05, 0.1) is 10.2 Å². The number of ether oxygens (including phenoxy) is 2. The molecule has 0 fully saturated rings. The topological polar surface area (TPSA) is 90.7 Å². The van der Waals surface area contributed by atoms with Gasteiger partial charge in [-0.15, -0.1) is 13.2 Å². The van der Waals surface area contributed by atoms with Crippen LogP contribution in [0.4, 0.5) is 18.3 Å². The molecular formula is C16H11F3N2O5S. The van der Waals surface area contributed by atoms with Crippen LogP contribution in [0.2, 0.25) is 0 Å². The van der Waals surface area contributed by atoms with Crippen LogP contribution in [0.5, 0.6) is 11.5 Å². The number of halogens is 3. The number of carbonyl (C=O) groups is 1. The Labute approximate surface area is 153 Å². The molecule has 7 nitrogen and oxygen atoms in total. The third-order valence-corrected chi connectivity index (χ3v) is 4.06. The Morgan fingerprint density at radius 1 is 1.33 bits per heavy atom. The molecule has 2 heterocycles. The zero-order valence-corrected chi connectivity index (χ0v) is 14.4. The first kappa shape index (κ1) is 18.7. The van der Waals surface area contributed by atoms with E-state index in [9.17, 15) is 22.8 Å². The molecule has 2 aromatic heterocycles. The molecule has 1 aromatic carbocycles. The summed E-state index contributed by atoms with van der Waals surface area (Å²) in [5.74, 6) is -0.694. The number of thiazole rings is 1. The highest BCUT2D eigenvalue weighted by molar-refractivity contribution is 7.22. The minimum absolute atomic E-state index is 0.117. The van der Waals surface area contributed by atoms with E-state index in [1.807, 2.05) is 0 Å². The Balaban J connectivity index is 1.65. The molecule has 0 atom stereocenters. The zero-order valence-electron chi connectivity index (χ0n) is 13.6. The van der Waals surface area contributed by atoms with E-state index in [4.69, 9.17) is 9.15 Å². The number of anilines is 1. The van der Waals surface area contributed by atoms with Gasteiger partial charge in [-0.05, 0) is 19.1 Å². The number of alkyl halides is 3. The number of fused-ring (bicyclic) bond motifs is 1. The third kappa shape index (κ3) is 4.97. The maximum Gasteiger partial charge on any atom is 0.573 e. The molecule has 0 radical (unpaired) electrons. The molecule has 0 saturated heterocycles. The van der Waals surface area contributed by atoms with Gasteiger partial charge < -0.3 is 13.9 Å². The second-order valence-electron chi connectivity index (χ2n) is 5.25. The summed E-state index contributed by atoms with van der Waals surface area (Å²) in [6.45, 7) is 1.13. The highest BCUT2D eigenvalue weighted by Gasteiger charge is 2.31. The minimum atomic E-state index is -4.80. The number of carbonyl (C=O) groups excluding carboxylic acids is 1. The summed E-state index contributed by atoms with van der Waals surface area (Å²) in [6.07, 6.45) is -3.69. The lowest BCUT2D eigenvalue weighted by Gasteiger charge is -2.07. The van der Waals surface area contributed by atoms with Crippen LogP contribution in [-0.4, -0.2) is 23.9 Å². The van der Waals surface area contributed by atoms with Crippen molar-refractivity contribution >= 4 is 32.6 Å². The number of nitrogens with zero attached hydrogens (tertiary/aromatic N) is 1. The lowest BCUT2D eigenvalue weighted by molar-refractivity contribution is -0.274. The summed E-state index contributed by atoms with van der Waals surface area (Å²) in [5.41, 5.74) is -0.0337. The molecule has 0 unspecified atom stereocenters. The van der Waals surface area contributed by atoms with E-state index in [-0.39, 0.29) is 16.6 Å². The second kappa shape index (κ2) is 7.27.